The molecule has 26 heavy (non-hydrogen) atoms. The van der Waals surface area contributed by atoms with Gasteiger partial charge in [-0.15, -0.1) is 11.3 Å². The molecule has 0 saturated heterocycles. The molecule has 0 aromatic carbocycles. The summed E-state index contributed by atoms with van der Waals surface area (Å²) in [6, 6.07) is 3.37. The van der Waals surface area contributed by atoms with Crippen molar-refractivity contribution < 1.29 is 19.4 Å². The first-order valence-electron chi connectivity index (χ1n) is 10.1. The smallest absolute Gasteiger partial charge is 0.341 e. The van der Waals surface area contributed by atoms with Crippen molar-refractivity contribution in [2.45, 2.75) is 90.1 Å². The third-order valence-electron chi connectivity index (χ3n) is 4.51. The van der Waals surface area contributed by atoms with Crippen molar-refractivity contribution in [3.8, 4) is 0 Å². The monoisotopic (exact) mass is 382 g/mol. The first-order valence-corrected chi connectivity index (χ1v) is 11.0. The van der Waals surface area contributed by atoms with Gasteiger partial charge in [0.25, 0.3) is 0 Å². The number of thiophene rings is 1. The minimum Gasteiger partial charge on any atom is -0.479 e. The number of carboxylic acid groups (broad SMARTS) is 1. The Hall–Kier alpha value is -1.20. The third-order valence-corrected chi connectivity index (χ3v) is 5.39. The molecule has 1 aromatic heterocycles. The molecule has 1 heterocycles. The van der Waals surface area contributed by atoms with Crippen molar-refractivity contribution in [1.82, 2.24) is 0 Å². The fourth-order valence-corrected chi connectivity index (χ4v) is 3.64. The standard InChI is InChI=1S/C21H34O4S/c1-2-3-4-5-6-7-8-9-10-11-12-13-16-25-20(21(23)24)19(22)18-15-14-17-26-18/h14-15,17,20H,2-13,16H2,1H3,(H,23,24). The summed E-state index contributed by atoms with van der Waals surface area (Å²) in [6.45, 7) is 2.57. The van der Waals surface area contributed by atoms with E-state index in [2.05, 4.69) is 6.92 Å². The lowest BCUT2D eigenvalue weighted by molar-refractivity contribution is -0.147. The van der Waals surface area contributed by atoms with Gasteiger partial charge in [-0.2, -0.15) is 0 Å². The molecule has 0 aliphatic heterocycles. The second kappa shape index (κ2) is 14.9. The molecule has 1 aromatic rings. The van der Waals surface area contributed by atoms with Gasteiger partial charge in [-0.25, -0.2) is 4.79 Å². The number of carbonyl (C=O) groups excluding carboxylic acids is 1. The Morgan fingerprint density at radius 1 is 0.962 bits per heavy atom. The number of ether oxygens (including phenoxy) is 1. The zero-order chi connectivity index (χ0) is 19.0. The van der Waals surface area contributed by atoms with E-state index < -0.39 is 17.9 Å². The highest BCUT2D eigenvalue weighted by atomic mass is 32.1. The van der Waals surface area contributed by atoms with E-state index in [-0.39, 0.29) is 0 Å². The Bertz CT molecular complexity index is 484. The van der Waals surface area contributed by atoms with E-state index in [0.717, 1.165) is 19.3 Å². The normalized spacial score (nSPS) is 12.2. The van der Waals surface area contributed by atoms with Crippen LogP contribution in [-0.2, 0) is 9.53 Å². The highest BCUT2D eigenvalue weighted by Crippen LogP contribution is 2.15. The molecule has 0 amide bonds. The molecule has 0 spiro atoms. The maximum Gasteiger partial charge on any atom is 0.341 e. The van der Waals surface area contributed by atoms with Gasteiger partial charge in [-0.1, -0.05) is 83.6 Å². The number of carbonyl (C=O) groups is 2. The van der Waals surface area contributed by atoms with Gasteiger partial charge < -0.3 is 9.84 Å². The zero-order valence-electron chi connectivity index (χ0n) is 16.1. The van der Waals surface area contributed by atoms with Gasteiger partial charge in [0, 0.05) is 6.61 Å². The lowest BCUT2D eigenvalue weighted by atomic mass is 10.1. The molecule has 4 nitrogen and oxygen atoms in total. The van der Waals surface area contributed by atoms with Crippen LogP contribution < -0.4 is 0 Å². The lowest BCUT2D eigenvalue weighted by Gasteiger charge is -2.11. The molecule has 0 radical (unpaired) electrons. The summed E-state index contributed by atoms with van der Waals surface area (Å²) in [5.74, 6) is -1.66. The number of rotatable bonds is 17. The van der Waals surface area contributed by atoms with Gasteiger partial charge in [0.1, 0.15) is 0 Å². The SMILES string of the molecule is CCCCCCCCCCCCCCOC(C(=O)O)C(=O)c1cccs1. The second-order valence-corrected chi connectivity index (χ2v) is 7.77. The molecule has 0 saturated carbocycles. The van der Waals surface area contributed by atoms with Crippen LogP contribution in [0.5, 0.6) is 0 Å². The van der Waals surface area contributed by atoms with Crippen molar-refractivity contribution in [3.05, 3.63) is 22.4 Å². The van der Waals surface area contributed by atoms with Gasteiger partial charge in [0.2, 0.25) is 11.9 Å². The predicted octanol–water partition coefficient (Wildman–Crippen LogP) is 6.10. The minimum absolute atomic E-state index is 0.325. The van der Waals surface area contributed by atoms with Crippen molar-refractivity contribution in [2.24, 2.45) is 0 Å². The summed E-state index contributed by atoms with van der Waals surface area (Å²) in [5, 5.41) is 11.0. The molecule has 1 unspecified atom stereocenters. The number of aliphatic carboxylic acids is 1. The van der Waals surface area contributed by atoms with Crippen LogP contribution in [0.1, 0.15) is 93.6 Å². The van der Waals surface area contributed by atoms with E-state index in [1.807, 2.05) is 0 Å². The molecule has 1 N–H and O–H groups in total. The summed E-state index contributed by atoms with van der Waals surface area (Å²) in [7, 11) is 0. The van der Waals surface area contributed by atoms with Crippen molar-refractivity contribution in [3.63, 3.8) is 0 Å². The second-order valence-electron chi connectivity index (χ2n) is 6.82. The van der Waals surface area contributed by atoms with E-state index in [4.69, 9.17) is 4.74 Å². The molecule has 0 aliphatic carbocycles. The first-order chi connectivity index (χ1) is 12.7. The maximum atomic E-state index is 12.1. The van der Waals surface area contributed by atoms with Crippen LogP contribution in [-0.4, -0.2) is 29.6 Å². The molecule has 0 aliphatic rings. The lowest BCUT2D eigenvalue weighted by Crippen LogP contribution is -2.32. The van der Waals surface area contributed by atoms with Gasteiger partial charge in [-0.05, 0) is 17.9 Å². The van der Waals surface area contributed by atoms with E-state index >= 15 is 0 Å². The van der Waals surface area contributed by atoms with Crippen LogP contribution in [0.15, 0.2) is 17.5 Å². The van der Waals surface area contributed by atoms with Crippen LogP contribution in [0.4, 0.5) is 0 Å². The van der Waals surface area contributed by atoms with Gasteiger partial charge in [-0.3, -0.25) is 4.79 Å². The number of Topliss-reactive ketones (excluding diaryl/α,β-unsaturated/α-hetero) is 1. The molecule has 5 heteroatoms. The van der Waals surface area contributed by atoms with Crippen molar-refractivity contribution in [1.29, 1.82) is 0 Å². The number of ketones is 1. The average Bonchev–Trinajstić information content (AvgIpc) is 3.16. The fourth-order valence-electron chi connectivity index (χ4n) is 2.95. The van der Waals surface area contributed by atoms with Gasteiger partial charge >= 0.3 is 5.97 Å². The van der Waals surface area contributed by atoms with E-state index in [1.54, 1.807) is 17.5 Å². The van der Waals surface area contributed by atoms with Crippen LogP contribution in [0.25, 0.3) is 0 Å². The molecule has 148 valence electrons. The zero-order valence-corrected chi connectivity index (χ0v) is 16.9. The highest BCUT2D eigenvalue weighted by Gasteiger charge is 2.28. The molecule has 0 bridgehead atoms. The van der Waals surface area contributed by atoms with Gasteiger partial charge in [0.05, 0.1) is 4.88 Å². The van der Waals surface area contributed by atoms with Crippen LogP contribution in [0.2, 0.25) is 0 Å². The summed E-state index contributed by atoms with van der Waals surface area (Å²) in [5.41, 5.74) is 0. The molecule has 1 rings (SSSR count). The Balaban J connectivity index is 2.00. The average molecular weight is 383 g/mol. The molecular formula is C21H34O4S. The van der Waals surface area contributed by atoms with Gasteiger partial charge in [0.15, 0.2) is 0 Å². The molecule has 0 fully saturated rings. The fraction of sp³-hybridized carbons (Fsp3) is 0.714. The predicted molar refractivity (Wildman–Crippen MR) is 107 cm³/mol. The summed E-state index contributed by atoms with van der Waals surface area (Å²) < 4.78 is 5.34. The van der Waals surface area contributed by atoms with Crippen molar-refractivity contribution in [2.75, 3.05) is 6.61 Å². The Morgan fingerprint density at radius 2 is 1.50 bits per heavy atom. The van der Waals surface area contributed by atoms with Crippen LogP contribution >= 0.6 is 11.3 Å². The van der Waals surface area contributed by atoms with E-state index in [9.17, 15) is 14.7 Å². The molecular weight excluding hydrogens is 348 g/mol. The quantitative estimate of drug-likeness (QED) is 0.201. The van der Waals surface area contributed by atoms with Crippen LogP contribution in [0, 0.1) is 0 Å². The molecule has 1 atom stereocenters. The largest absolute Gasteiger partial charge is 0.479 e. The minimum atomic E-state index is -1.37. The number of carboxylic acids is 1. The Morgan fingerprint density at radius 3 is 1.96 bits per heavy atom. The Kier molecular flexibility index (Phi) is 13.1. The number of hydrogen-bond acceptors (Lipinski definition) is 4. The number of hydrogen-bond donors (Lipinski definition) is 1. The van der Waals surface area contributed by atoms with E-state index in [1.165, 1.54) is 69.1 Å². The third kappa shape index (κ3) is 10.1. The van der Waals surface area contributed by atoms with Crippen LogP contribution in [0.3, 0.4) is 0 Å². The topological polar surface area (TPSA) is 63.6 Å². The van der Waals surface area contributed by atoms with Crippen molar-refractivity contribution >= 4 is 23.1 Å². The maximum absolute atomic E-state index is 12.1. The summed E-state index contributed by atoms with van der Waals surface area (Å²) in [4.78, 5) is 23.8. The summed E-state index contributed by atoms with van der Waals surface area (Å²) in [6.07, 6.45) is 13.6. The first kappa shape index (κ1) is 22.8. The summed E-state index contributed by atoms with van der Waals surface area (Å²) >= 11 is 1.25. The number of unbranched alkanes of at least 4 members (excludes halogenated alkanes) is 11. The van der Waals surface area contributed by atoms with E-state index in [0.29, 0.717) is 11.5 Å². The highest BCUT2D eigenvalue weighted by molar-refractivity contribution is 7.12. The Labute approximate surface area is 162 Å².